The first-order chi connectivity index (χ1) is 16.5. The highest BCUT2D eigenvalue weighted by Crippen LogP contribution is 2.26. The molecule has 0 atom stereocenters. The summed E-state index contributed by atoms with van der Waals surface area (Å²) in [6, 6.07) is 9.11. The molecule has 4 rings (SSSR count). The van der Waals surface area contributed by atoms with Crippen LogP contribution in [0, 0.1) is 11.8 Å². The van der Waals surface area contributed by atoms with E-state index in [-0.39, 0.29) is 23.9 Å². The Bertz CT molecular complexity index is 1170. The van der Waals surface area contributed by atoms with Crippen LogP contribution < -0.4 is 15.6 Å². The van der Waals surface area contributed by atoms with Crippen LogP contribution in [0.3, 0.4) is 0 Å². The van der Waals surface area contributed by atoms with Crippen molar-refractivity contribution in [2.45, 2.75) is 52.5 Å². The highest BCUT2D eigenvalue weighted by molar-refractivity contribution is 5.77. The predicted molar refractivity (Wildman–Crippen MR) is 130 cm³/mol. The van der Waals surface area contributed by atoms with E-state index in [1.165, 1.54) is 44.4 Å². The lowest BCUT2D eigenvalue weighted by molar-refractivity contribution is -0.124. The molecule has 1 amide bonds. The van der Waals surface area contributed by atoms with E-state index in [0.29, 0.717) is 28.8 Å². The molecule has 8 heteroatoms. The van der Waals surface area contributed by atoms with E-state index < -0.39 is 0 Å². The van der Waals surface area contributed by atoms with Crippen LogP contribution in [0.5, 0.6) is 5.75 Å². The summed E-state index contributed by atoms with van der Waals surface area (Å²) >= 11 is 0. The molecule has 178 valence electrons. The maximum atomic E-state index is 12.4. The van der Waals surface area contributed by atoms with Crippen LogP contribution in [0.2, 0.25) is 0 Å². The van der Waals surface area contributed by atoms with Crippen molar-refractivity contribution in [1.82, 2.24) is 25.3 Å². The molecule has 2 heterocycles. The third kappa shape index (κ3) is 6.27. The zero-order valence-electron chi connectivity index (χ0n) is 19.7. The molecular weight excluding hydrogens is 430 g/mol. The highest BCUT2D eigenvalue weighted by atomic mass is 16.5. The van der Waals surface area contributed by atoms with Gasteiger partial charge in [-0.2, -0.15) is 0 Å². The van der Waals surface area contributed by atoms with Gasteiger partial charge in [0.15, 0.2) is 5.82 Å². The van der Waals surface area contributed by atoms with Gasteiger partial charge in [0.25, 0.3) is 5.56 Å². The lowest BCUT2D eigenvalue weighted by Crippen LogP contribution is -2.27. The monoisotopic (exact) mass is 461 g/mol. The van der Waals surface area contributed by atoms with Gasteiger partial charge < -0.3 is 15.0 Å². The van der Waals surface area contributed by atoms with Crippen molar-refractivity contribution in [3.05, 3.63) is 58.8 Å². The lowest BCUT2D eigenvalue weighted by atomic mass is 9.90. The number of aromatic nitrogens is 4. The van der Waals surface area contributed by atoms with Crippen molar-refractivity contribution in [1.29, 1.82) is 0 Å². The second-order valence-corrected chi connectivity index (χ2v) is 9.09. The standard InChI is InChI=1S/C26H31N5O3/c1-17(2)26(33)28-14-20-13-27-15-23(29-20)25-30-22(12-24(32)31-25)19-8-10-21(11-9-19)34-16-18-6-4-3-5-7-18/h8-13,15,17-18H,3-7,14,16H2,1-2H3,(H,28,33)(H,30,31,32). The van der Waals surface area contributed by atoms with E-state index in [2.05, 4.69) is 25.3 Å². The number of rotatable bonds is 8. The van der Waals surface area contributed by atoms with Crippen molar-refractivity contribution >= 4 is 5.91 Å². The maximum Gasteiger partial charge on any atom is 0.251 e. The molecule has 0 spiro atoms. The first-order valence-electron chi connectivity index (χ1n) is 11.9. The van der Waals surface area contributed by atoms with Gasteiger partial charge in [-0.25, -0.2) is 9.97 Å². The zero-order valence-corrected chi connectivity index (χ0v) is 19.7. The molecule has 0 bridgehead atoms. The Hall–Kier alpha value is -3.55. The quantitative estimate of drug-likeness (QED) is 0.522. The number of amides is 1. The molecule has 2 N–H and O–H groups in total. The highest BCUT2D eigenvalue weighted by Gasteiger charge is 2.14. The van der Waals surface area contributed by atoms with Crippen LogP contribution in [0.25, 0.3) is 22.8 Å². The van der Waals surface area contributed by atoms with Gasteiger partial charge in [0.1, 0.15) is 11.4 Å². The second kappa shape index (κ2) is 11.0. The van der Waals surface area contributed by atoms with E-state index in [1.54, 1.807) is 6.20 Å². The van der Waals surface area contributed by atoms with Crippen molar-refractivity contribution in [3.63, 3.8) is 0 Å². The molecular formula is C26H31N5O3. The molecule has 1 saturated carbocycles. The Morgan fingerprint density at radius 1 is 1.09 bits per heavy atom. The first kappa shape index (κ1) is 23.6. The molecule has 0 unspecified atom stereocenters. The van der Waals surface area contributed by atoms with E-state index in [9.17, 15) is 9.59 Å². The van der Waals surface area contributed by atoms with Crippen molar-refractivity contribution in [2.75, 3.05) is 6.61 Å². The molecule has 3 aromatic rings. The van der Waals surface area contributed by atoms with Crippen LogP contribution in [0.4, 0.5) is 0 Å². The third-order valence-electron chi connectivity index (χ3n) is 6.00. The molecule has 2 aromatic heterocycles. The molecule has 0 aliphatic heterocycles. The summed E-state index contributed by atoms with van der Waals surface area (Å²) in [6.07, 6.45) is 9.53. The number of H-pyrrole nitrogens is 1. The molecule has 1 aliphatic rings. The number of hydrogen-bond donors (Lipinski definition) is 2. The fourth-order valence-electron chi connectivity index (χ4n) is 4.00. The first-order valence-corrected chi connectivity index (χ1v) is 11.9. The number of carbonyl (C=O) groups is 1. The molecule has 1 aliphatic carbocycles. The zero-order chi connectivity index (χ0) is 23.9. The predicted octanol–water partition coefficient (Wildman–Crippen LogP) is 4.13. The van der Waals surface area contributed by atoms with Crippen LogP contribution in [0.15, 0.2) is 47.5 Å². The van der Waals surface area contributed by atoms with Crippen LogP contribution in [-0.2, 0) is 11.3 Å². The number of hydrogen-bond acceptors (Lipinski definition) is 6. The van der Waals surface area contributed by atoms with Crippen molar-refractivity contribution in [2.24, 2.45) is 11.8 Å². The summed E-state index contributed by atoms with van der Waals surface area (Å²) in [4.78, 5) is 40.2. The minimum atomic E-state index is -0.280. The van der Waals surface area contributed by atoms with E-state index in [0.717, 1.165) is 17.9 Å². The van der Waals surface area contributed by atoms with Crippen molar-refractivity contribution in [3.8, 4) is 28.5 Å². The van der Waals surface area contributed by atoms with E-state index in [4.69, 9.17) is 4.74 Å². The summed E-state index contributed by atoms with van der Waals surface area (Å²) in [6.45, 7) is 4.66. The summed E-state index contributed by atoms with van der Waals surface area (Å²) in [7, 11) is 0. The van der Waals surface area contributed by atoms with Gasteiger partial charge in [0, 0.05) is 17.5 Å². The van der Waals surface area contributed by atoms with Crippen LogP contribution in [0.1, 0.15) is 51.6 Å². The molecule has 1 fully saturated rings. The normalized spacial score (nSPS) is 14.2. The number of carbonyl (C=O) groups excluding carboxylic acids is 1. The number of nitrogens with one attached hydrogen (secondary N) is 2. The number of benzene rings is 1. The summed E-state index contributed by atoms with van der Waals surface area (Å²) in [5, 5.41) is 2.82. The average molecular weight is 462 g/mol. The third-order valence-corrected chi connectivity index (χ3v) is 6.00. The number of aromatic amines is 1. The number of ether oxygens (including phenoxy) is 1. The van der Waals surface area contributed by atoms with E-state index in [1.807, 2.05) is 38.1 Å². The average Bonchev–Trinajstić information content (AvgIpc) is 2.86. The Balaban J connectivity index is 1.47. The van der Waals surface area contributed by atoms with Crippen molar-refractivity contribution < 1.29 is 9.53 Å². The topological polar surface area (TPSA) is 110 Å². The molecule has 34 heavy (non-hydrogen) atoms. The fraction of sp³-hybridized carbons (Fsp3) is 0.423. The largest absolute Gasteiger partial charge is 0.493 e. The molecule has 0 saturated heterocycles. The molecule has 0 radical (unpaired) electrons. The maximum absolute atomic E-state index is 12.4. The van der Waals surface area contributed by atoms with Crippen LogP contribution in [-0.4, -0.2) is 32.4 Å². The summed E-state index contributed by atoms with van der Waals surface area (Å²) < 4.78 is 5.98. The van der Waals surface area contributed by atoms with E-state index >= 15 is 0 Å². The summed E-state index contributed by atoms with van der Waals surface area (Å²) in [5.74, 6) is 1.61. The Morgan fingerprint density at radius 2 is 1.85 bits per heavy atom. The van der Waals surface area contributed by atoms with Gasteiger partial charge in [-0.3, -0.25) is 14.6 Å². The van der Waals surface area contributed by atoms with Gasteiger partial charge in [-0.15, -0.1) is 0 Å². The lowest BCUT2D eigenvalue weighted by Gasteiger charge is -2.21. The Labute approximate surface area is 199 Å². The molecule has 8 nitrogen and oxygen atoms in total. The van der Waals surface area contributed by atoms with Gasteiger partial charge in [-0.1, -0.05) is 33.1 Å². The number of nitrogens with zero attached hydrogens (tertiary/aromatic N) is 3. The summed E-state index contributed by atoms with van der Waals surface area (Å²) in [5.41, 5.74) is 2.09. The van der Waals surface area contributed by atoms with Gasteiger partial charge in [0.05, 0.1) is 36.9 Å². The molecule has 1 aromatic carbocycles. The van der Waals surface area contributed by atoms with Crippen LogP contribution >= 0.6 is 0 Å². The minimum absolute atomic E-state index is 0.0631. The van der Waals surface area contributed by atoms with Gasteiger partial charge in [0.2, 0.25) is 5.91 Å². The smallest absolute Gasteiger partial charge is 0.251 e. The Morgan fingerprint density at radius 3 is 2.59 bits per heavy atom. The fourth-order valence-corrected chi connectivity index (χ4v) is 4.00. The second-order valence-electron chi connectivity index (χ2n) is 9.09. The SMILES string of the molecule is CC(C)C(=O)NCc1cncc(-c2nc(-c3ccc(OCC4CCCCC4)cc3)cc(=O)[nH]2)n1. The van der Waals surface area contributed by atoms with Gasteiger partial charge in [-0.05, 0) is 43.0 Å². The van der Waals surface area contributed by atoms with Gasteiger partial charge >= 0.3 is 0 Å². The Kier molecular flexibility index (Phi) is 7.67. The minimum Gasteiger partial charge on any atom is -0.493 e.